The molecular weight excluding hydrogens is 230 g/mol. The molecule has 18 heavy (non-hydrogen) atoms. The SMILES string of the molecule is CCNCc1ccc(Cn2ccn(CC)c2=O)o1. The maximum Gasteiger partial charge on any atom is 0.328 e. The molecule has 0 aliphatic rings. The van der Waals surface area contributed by atoms with E-state index in [2.05, 4.69) is 12.2 Å². The van der Waals surface area contributed by atoms with E-state index in [1.54, 1.807) is 21.5 Å². The minimum Gasteiger partial charge on any atom is -0.463 e. The molecule has 0 saturated heterocycles. The van der Waals surface area contributed by atoms with E-state index in [-0.39, 0.29) is 5.69 Å². The second-order valence-electron chi connectivity index (χ2n) is 4.14. The Kier molecular flexibility index (Phi) is 4.04. The lowest BCUT2D eigenvalue weighted by Gasteiger charge is -1.99. The Morgan fingerprint density at radius 3 is 2.56 bits per heavy atom. The molecule has 0 amide bonds. The van der Waals surface area contributed by atoms with Crippen LogP contribution in [-0.4, -0.2) is 15.7 Å². The van der Waals surface area contributed by atoms with E-state index in [0.717, 1.165) is 24.6 Å². The lowest BCUT2D eigenvalue weighted by atomic mass is 10.4. The van der Waals surface area contributed by atoms with Crippen LogP contribution in [0.1, 0.15) is 25.4 Å². The number of furan rings is 1. The third-order valence-electron chi connectivity index (χ3n) is 2.85. The molecular formula is C13H19N3O2. The van der Waals surface area contributed by atoms with Crippen LogP contribution in [0.2, 0.25) is 0 Å². The summed E-state index contributed by atoms with van der Waals surface area (Å²) < 4.78 is 8.98. The summed E-state index contributed by atoms with van der Waals surface area (Å²) in [5.74, 6) is 1.70. The number of nitrogens with one attached hydrogen (secondary N) is 1. The molecule has 98 valence electrons. The van der Waals surface area contributed by atoms with Crippen molar-refractivity contribution in [1.82, 2.24) is 14.5 Å². The second kappa shape index (κ2) is 5.73. The molecule has 1 N–H and O–H groups in total. The van der Waals surface area contributed by atoms with E-state index < -0.39 is 0 Å². The van der Waals surface area contributed by atoms with Crippen molar-refractivity contribution in [2.45, 2.75) is 33.5 Å². The fraction of sp³-hybridized carbons (Fsp3) is 0.462. The molecule has 2 aromatic heterocycles. The van der Waals surface area contributed by atoms with Gasteiger partial charge in [0.15, 0.2) is 0 Å². The molecule has 0 radical (unpaired) electrons. The van der Waals surface area contributed by atoms with Crippen molar-refractivity contribution >= 4 is 0 Å². The summed E-state index contributed by atoms with van der Waals surface area (Å²) in [6.07, 6.45) is 3.59. The topological polar surface area (TPSA) is 52.1 Å². The van der Waals surface area contributed by atoms with Crippen LogP contribution < -0.4 is 11.0 Å². The molecule has 0 unspecified atom stereocenters. The first kappa shape index (κ1) is 12.7. The number of rotatable bonds is 6. The zero-order valence-electron chi connectivity index (χ0n) is 10.8. The summed E-state index contributed by atoms with van der Waals surface area (Å²) in [5, 5.41) is 3.20. The summed E-state index contributed by atoms with van der Waals surface area (Å²) in [4.78, 5) is 11.9. The van der Waals surface area contributed by atoms with Crippen LogP contribution in [0.3, 0.4) is 0 Å². The molecule has 2 rings (SSSR count). The van der Waals surface area contributed by atoms with Crippen molar-refractivity contribution in [1.29, 1.82) is 0 Å². The van der Waals surface area contributed by atoms with Crippen molar-refractivity contribution < 1.29 is 4.42 Å². The second-order valence-corrected chi connectivity index (χ2v) is 4.14. The first-order chi connectivity index (χ1) is 8.74. The molecule has 2 heterocycles. The fourth-order valence-corrected chi connectivity index (χ4v) is 1.83. The molecule has 0 aliphatic heterocycles. The Hall–Kier alpha value is -1.75. The van der Waals surface area contributed by atoms with Gasteiger partial charge in [-0.25, -0.2) is 4.79 Å². The number of hydrogen-bond donors (Lipinski definition) is 1. The van der Waals surface area contributed by atoms with E-state index in [0.29, 0.717) is 13.1 Å². The number of aryl methyl sites for hydroxylation is 1. The van der Waals surface area contributed by atoms with E-state index in [9.17, 15) is 4.79 Å². The van der Waals surface area contributed by atoms with Gasteiger partial charge in [-0.2, -0.15) is 0 Å². The number of aromatic nitrogens is 2. The molecule has 0 bridgehead atoms. The van der Waals surface area contributed by atoms with Crippen molar-refractivity contribution in [2.75, 3.05) is 6.54 Å². The van der Waals surface area contributed by atoms with Gasteiger partial charge in [-0.05, 0) is 25.6 Å². The molecule has 5 nitrogen and oxygen atoms in total. The molecule has 0 saturated carbocycles. The van der Waals surface area contributed by atoms with Gasteiger partial charge in [0.2, 0.25) is 0 Å². The van der Waals surface area contributed by atoms with E-state index in [1.807, 2.05) is 19.1 Å². The summed E-state index contributed by atoms with van der Waals surface area (Å²) in [6.45, 7) is 6.81. The normalized spacial score (nSPS) is 11.0. The summed E-state index contributed by atoms with van der Waals surface area (Å²) >= 11 is 0. The molecule has 2 aromatic rings. The summed E-state index contributed by atoms with van der Waals surface area (Å²) in [5.41, 5.74) is 0.00198. The number of nitrogens with zero attached hydrogens (tertiary/aromatic N) is 2. The van der Waals surface area contributed by atoms with Crippen LogP contribution in [-0.2, 0) is 19.6 Å². The van der Waals surface area contributed by atoms with Gasteiger partial charge in [0.1, 0.15) is 11.5 Å². The first-order valence-electron chi connectivity index (χ1n) is 6.28. The van der Waals surface area contributed by atoms with Crippen molar-refractivity contribution in [3.63, 3.8) is 0 Å². The van der Waals surface area contributed by atoms with E-state index >= 15 is 0 Å². The molecule has 5 heteroatoms. The maximum atomic E-state index is 11.9. The molecule has 0 atom stereocenters. The third kappa shape index (κ3) is 2.73. The number of imidazole rings is 1. The van der Waals surface area contributed by atoms with Crippen molar-refractivity contribution in [3.05, 3.63) is 46.5 Å². The zero-order valence-corrected chi connectivity index (χ0v) is 10.8. The summed E-state index contributed by atoms with van der Waals surface area (Å²) in [7, 11) is 0. The van der Waals surface area contributed by atoms with E-state index in [4.69, 9.17) is 4.42 Å². The van der Waals surface area contributed by atoms with Gasteiger partial charge in [-0.15, -0.1) is 0 Å². The Morgan fingerprint density at radius 2 is 1.89 bits per heavy atom. The molecule has 0 aliphatic carbocycles. The smallest absolute Gasteiger partial charge is 0.328 e. The highest BCUT2D eigenvalue weighted by Crippen LogP contribution is 2.08. The van der Waals surface area contributed by atoms with Gasteiger partial charge >= 0.3 is 5.69 Å². The van der Waals surface area contributed by atoms with Gasteiger partial charge in [0, 0.05) is 18.9 Å². The lowest BCUT2D eigenvalue weighted by molar-refractivity contribution is 0.437. The minimum absolute atomic E-state index is 0.00198. The Bertz CT molecular complexity index is 551. The van der Waals surface area contributed by atoms with Crippen LogP contribution in [0, 0.1) is 0 Å². The molecule has 0 fully saturated rings. The van der Waals surface area contributed by atoms with Gasteiger partial charge in [-0.1, -0.05) is 6.92 Å². The molecule has 0 aromatic carbocycles. The highest BCUT2D eigenvalue weighted by molar-refractivity contribution is 5.07. The average molecular weight is 249 g/mol. The quantitative estimate of drug-likeness (QED) is 0.842. The Balaban J connectivity index is 2.06. The van der Waals surface area contributed by atoms with Crippen LogP contribution in [0.25, 0.3) is 0 Å². The van der Waals surface area contributed by atoms with Gasteiger partial charge in [0.05, 0.1) is 13.1 Å². The predicted molar refractivity (Wildman–Crippen MR) is 69.6 cm³/mol. The van der Waals surface area contributed by atoms with Gasteiger partial charge in [0.25, 0.3) is 0 Å². The highest BCUT2D eigenvalue weighted by Gasteiger charge is 2.06. The van der Waals surface area contributed by atoms with Gasteiger partial charge < -0.3 is 9.73 Å². The maximum absolute atomic E-state index is 11.9. The Morgan fingerprint density at radius 1 is 1.17 bits per heavy atom. The molecule has 0 spiro atoms. The van der Waals surface area contributed by atoms with Crippen LogP contribution in [0.4, 0.5) is 0 Å². The fourth-order valence-electron chi connectivity index (χ4n) is 1.83. The Labute approximate surface area is 106 Å². The largest absolute Gasteiger partial charge is 0.463 e. The predicted octanol–water partition coefficient (Wildman–Crippen LogP) is 1.42. The monoisotopic (exact) mass is 249 g/mol. The van der Waals surface area contributed by atoms with Gasteiger partial charge in [-0.3, -0.25) is 9.13 Å². The number of hydrogen-bond acceptors (Lipinski definition) is 3. The minimum atomic E-state index is 0.00198. The van der Waals surface area contributed by atoms with E-state index in [1.165, 1.54) is 0 Å². The average Bonchev–Trinajstić information content (AvgIpc) is 2.96. The van der Waals surface area contributed by atoms with Crippen LogP contribution in [0.15, 0.2) is 33.7 Å². The third-order valence-corrected chi connectivity index (χ3v) is 2.85. The van der Waals surface area contributed by atoms with Crippen LogP contribution in [0.5, 0.6) is 0 Å². The summed E-state index contributed by atoms with van der Waals surface area (Å²) in [6, 6.07) is 3.86. The van der Waals surface area contributed by atoms with Crippen molar-refractivity contribution in [3.8, 4) is 0 Å². The first-order valence-corrected chi connectivity index (χ1v) is 6.28. The zero-order chi connectivity index (χ0) is 13.0. The highest BCUT2D eigenvalue weighted by atomic mass is 16.3. The lowest BCUT2D eigenvalue weighted by Crippen LogP contribution is -2.23. The van der Waals surface area contributed by atoms with Crippen molar-refractivity contribution in [2.24, 2.45) is 0 Å². The van der Waals surface area contributed by atoms with Crippen LogP contribution >= 0.6 is 0 Å². The standard InChI is InChI=1S/C13H19N3O2/c1-3-14-9-11-5-6-12(18-11)10-16-8-7-15(4-2)13(16)17/h5-8,14H,3-4,9-10H2,1-2H3.